The van der Waals surface area contributed by atoms with E-state index in [9.17, 15) is 18.3 Å². The molecule has 0 radical (unpaired) electrons. The Morgan fingerprint density at radius 2 is 1.50 bits per heavy atom. The number of phenols is 1. The number of azo groups is 2. The van der Waals surface area contributed by atoms with Crippen LogP contribution in [0, 0.1) is 0 Å². The van der Waals surface area contributed by atoms with Crippen molar-refractivity contribution < 1.29 is 32.7 Å². The first-order valence-electron chi connectivity index (χ1n) is 8.83. The van der Waals surface area contributed by atoms with E-state index in [0.717, 1.165) is 0 Å². The summed E-state index contributed by atoms with van der Waals surface area (Å²) in [5.74, 6) is -1.38. The monoisotopic (exact) mass is 456 g/mol. The summed E-state index contributed by atoms with van der Waals surface area (Å²) in [7, 11) is -2.94. The first kappa shape index (κ1) is 22.5. The van der Waals surface area contributed by atoms with Crippen molar-refractivity contribution in [3.63, 3.8) is 0 Å². The summed E-state index contributed by atoms with van der Waals surface area (Å²) in [4.78, 5) is 10.8. The fourth-order valence-corrected chi connectivity index (χ4v) is 3.02. The van der Waals surface area contributed by atoms with Crippen molar-refractivity contribution in [1.29, 1.82) is 0 Å². The second-order valence-electron chi connectivity index (χ2n) is 6.24. The van der Waals surface area contributed by atoms with E-state index in [4.69, 9.17) is 14.4 Å². The Bertz CT molecular complexity index is 1340. The number of hydrogen-bond donors (Lipinski definition) is 3. The molecule has 0 aliphatic carbocycles. The summed E-state index contributed by atoms with van der Waals surface area (Å²) in [5, 5.41) is 34.6. The Hall–Kier alpha value is -4.16. The highest BCUT2D eigenvalue weighted by atomic mass is 32.2. The number of carboxylic acids is 1. The van der Waals surface area contributed by atoms with Gasteiger partial charge in [0.25, 0.3) is 10.1 Å². The number of aromatic carboxylic acids is 1. The molecule has 0 spiro atoms. The smallest absolute Gasteiger partial charge is 0.339 e. The van der Waals surface area contributed by atoms with Crippen molar-refractivity contribution >= 4 is 38.8 Å². The van der Waals surface area contributed by atoms with Gasteiger partial charge >= 0.3 is 5.97 Å². The van der Waals surface area contributed by atoms with Crippen LogP contribution in [0.25, 0.3) is 0 Å². The van der Waals surface area contributed by atoms with Gasteiger partial charge < -0.3 is 14.9 Å². The van der Waals surface area contributed by atoms with Gasteiger partial charge in [0.2, 0.25) is 0 Å². The Labute approximate surface area is 182 Å². The first-order valence-corrected chi connectivity index (χ1v) is 10.3. The van der Waals surface area contributed by atoms with Gasteiger partial charge in [0.15, 0.2) is 0 Å². The van der Waals surface area contributed by atoms with Gasteiger partial charge in [-0.15, -0.1) is 5.11 Å². The summed E-state index contributed by atoms with van der Waals surface area (Å²) in [5.41, 5.74) is 0.817. The van der Waals surface area contributed by atoms with Crippen molar-refractivity contribution in [1.82, 2.24) is 0 Å². The van der Waals surface area contributed by atoms with E-state index in [0.29, 0.717) is 17.1 Å². The third kappa shape index (κ3) is 5.50. The predicted molar refractivity (Wildman–Crippen MR) is 113 cm³/mol. The maximum Gasteiger partial charge on any atom is 0.339 e. The molecule has 0 aliphatic heterocycles. The lowest BCUT2D eigenvalue weighted by Crippen LogP contribution is -1.96. The minimum Gasteiger partial charge on any atom is -0.507 e. The van der Waals surface area contributed by atoms with Gasteiger partial charge in [-0.05, 0) is 48.5 Å². The van der Waals surface area contributed by atoms with Gasteiger partial charge in [0, 0.05) is 6.07 Å². The molecule has 0 atom stereocenters. The molecule has 0 unspecified atom stereocenters. The second-order valence-corrected chi connectivity index (χ2v) is 7.66. The average Bonchev–Trinajstić information content (AvgIpc) is 2.76. The number of carboxylic acid groups (broad SMARTS) is 1. The zero-order valence-corrected chi connectivity index (χ0v) is 17.3. The Morgan fingerprint density at radius 1 is 0.875 bits per heavy atom. The topological polar surface area (TPSA) is 171 Å². The van der Waals surface area contributed by atoms with Gasteiger partial charge in [-0.2, -0.15) is 23.8 Å². The molecule has 32 heavy (non-hydrogen) atoms. The zero-order valence-electron chi connectivity index (χ0n) is 16.4. The van der Waals surface area contributed by atoms with E-state index in [1.165, 1.54) is 55.6 Å². The molecule has 3 rings (SSSR count). The summed E-state index contributed by atoms with van der Waals surface area (Å²) in [6.07, 6.45) is 0. The van der Waals surface area contributed by atoms with Crippen LogP contribution in [0.4, 0.5) is 22.7 Å². The summed E-state index contributed by atoms with van der Waals surface area (Å²) in [6.45, 7) is 0. The molecule has 3 N–H and O–H groups in total. The SMILES string of the molecule is COc1cc(N=Nc2cccc(S(=O)(=O)O)c2)ccc1N=Nc1ccc(O)c(C(=O)O)c1. The summed E-state index contributed by atoms with van der Waals surface area (Å²) >= 11 is 0. The van der Waals surface area contributed by atoms with Crippen molar-refractivity contribution in [2.24, 2.45) is 20.5 Å². The lowest BCUT2D eigenvalue weighted by molar-refractivity contribution is 0.0693. The number of rotatable bonds is 7. The molecule has 0 aromatic heterocycles. The molecule has 0 saturated carbocycles. The highest BCUT2D eigenvalue weighted by molar-refractivity contribution is 7.85. The average molecular weight is 456 g/mol. The molecule has 0 bridgehead atoms. The van der Waals surface area contributed by atoms with Gasteiger partial charge in [0.1, 0.15) is 22.7 Å². The van der Waals surface area contributed by atoms with Crippen molar-refractivity contribution in [2.75, 3.05) is 7.11 Å². The molecular weight excluding hydrogens is 440 g/mol. The highest BCUT2D eigenvalue weighted by Crippen LogP contribution is 2.34. The van der Waals surface area contributed by atoms with Crippen LogP contribution >= 0.6 is 0 Å². The van der Waals surface area contributed by atoms with E-state index in [1.807, 2.05) is 0 Å². The van der Waals surface area contributed by atoms with Crippen molar-refractivity contribution in [3.8, 4) is 11.5 Å². The molecule has 12 heteroatoms. The van der Waals surface area contributed by atoms with Crippen LogP contribution in [0.2, 0.25) is 0 Å². The number of aromatic hydroxyl groups is 1. The minimum atomic E-state index is -4.35. The Morgan fingerprint density at radius 3 is 2.16 bits per heavy atom. The van der Waals surface area contributed by atoms with E-state index in [1.54, 1.807) is 12.1 Å². The highest BCUT2D eigenvalue weighted by Gasteiger charge is 2.11. The lowest BCUT2D eigenvalue weighted by Gasteiger charge is -2.04. The number of methoxy groups -OCH3 is 1. The quantitative estimate of drug-likeness (QED) is 0.325. The largest absolute Gasteiger partial charge is 0.507 e. The number of carbonyl (C=O) groups is 1. The fraction of sp³-hybridized carbons (Fsp3) is 0.0500. The van der Waals surface area contributed by atoms with Crippen LogP contribution in [0.5, 0.6) is 11.5 Å². The molecule has 0 saturated heterocycles. The molecule has 0 aliphatic rings. The van der Waals surface area contributed by atoms with Crippen molar-refractivity contribution in [2.45, 2.75) is 4.90 Å². The maximum absolute atomic E-state index is 11.2. The minimum absolute atomic E-state index is 0.212. The molecule has 3 aromatic carbocycles. The molecule has 3 aromatic rings. The zero-order chi connectivity index (χ0) is 23.3. The molecule has 0 amide bonds. The van der Waals surface area contributed by atoms with E-state index >= 15 is 0 Å². The molecule has 164 valence electrons. The molecular formula is C20H16N4O7S. The lowest BCUT2D eigenvalue weighted by atomic mass is 10.2. The predicted octanol–water partition coefficient (Wildman–Crippen LogP) is 5.18. The van der Waals surface area contributed by atoms with Crippen LogP contribution in [-0.2, 0) is 10.1 Å². The molecule has 11 nitrogen and oxygen atoms in total. The van der Waals surface area contributed by atoms with Crippen LogP contribution in [0.15, 0.2) is 86.0 Å². The number of hydrogen-bond acceptors (Lipinski definition) is 9. The standard InChI is InChI=1S/C20H16N4O7S/c1-31-19-11-14(22-21-12-3-2-4-15(9-12)32(28,29)30)5-7-17(19)24-23-13-6-8-18(25)16(10-13)20(26)27/h2-11,25H,1H3,(H,26,27)(H,28,29,30). The van der Waals surface area contributed by atoms with Gasteiger partial charge in [0.05, 0.1) is 29.1 Å². The second kappa shape index (κ2) is 9.32. The van der Waals surface area contributed by atoms with Gasteiger partial charge in [-0.3, -0.25) is 4.55 Å². The molecule has 0 fully saturated rings. The fourth-order valence-electron chi connectivity index (χ4n) is 2.50. The maximum atomic E-state index is 11.2. The van der Waals surface area contributed by atoms with Gasteiger partial charge in [-0.25, -0.2) is 4.79 Å². The Balaban J connectivity index is 1.84. The third-order valence-electron chi connectivity index (χ3n) is 4.04. The number of benzene rings is 3. The van der Waals surface area contributed by atoms with E-state index in [2.05, 4.69) is 20.5 Å². The summed E-state index contributed by atoms with van der Waals surface area (Å²) < 4.78 is 36.8. The number of nitrogens with zero attached hydrogens (tertiary/aromatic N) is 4. The first-order chi connectivity index (χ1) is 15.2. The van der Waals surface area contributed by atoms with Crippen molar-refractivity contribution in [3.05, 3.63) is 66.2 Å². The normalized spacial score (nSPS) is 11.8. The molecule has 0 heterocycles. The van der Waals surface area contributed by atoms with Crippen LogP contribution in [0.1, 0.15) is 10.4 Å². The van der Waals surface area contributed by atoms with Crippen LogP contribution < -0.4 is 4.74 Å². The third-order valence-corrected chi connectivity index (χ3v) is 4.89. The van der Waals surface area contributed by atoms with E-state index in [-0.39, 0.29) is 27.6 Å². The Kier molecular flexibility index (Phi) is 6.56. The summed E-state index contributed by atoms with van der Waals surface area (Å²) in [6, 6.07) is 13.7. The van der Waals surface area contributed by atoms with Crippen LogP contribution in [-0.4, -0.2) is 36.3 Å². The van der Waals surface area contributed by atoms with E-state index < -0.39 is 16.1 Å². The number of ether oxygens (including phenoxy) is 1. The van der Waals surface area contributed by atoms with Crippen LogP contribution in [0.3, 0.4) is 0 Å². The van der Waals surface area contributed by atoms with Gasteiger partial charge in [-0.1, -0.05) is 6.07 Å².